The Morgan fingerprint density at radius 2 is 2.17 bits per heavy atom. The predicted molar refractivity (Wildman–Crippen MR) is 110 cm³/mol. The molecule has 0 bridgehead atoms. The molecule has 3 aromatic rings. The van der Waals surface area contributed by atoms with E-state index in [-0.39, 0.29) is 16.3 Å². The molecule has 8 nitrogen and oxygen atoms in total. The summed E-state index contributed by atoms with van der Waals surface area (Å²) >= 11 is 6.06. The normalized spacial score (nSPS) is 16.1. The molecule has 154 valence electrons. The van der Waals surface area contributed by atoms with Gasteiger partial charge in [-0.2, -0.15) is 10.4 Å². The monoisotopic (exact) mass is 427 g/mol. The van der Waals surface area contributed by atoms with Crippen LogP contribution in [0.15, 0.2) is 30.6 Å². The number of anilines is 2. The number of aromatic amines is 1. The smallest absolute Gasteiger partial charge is 0.158 e. The number of nitrogens with zero attached hydrogens (tertiary/aromatic N) is 4. The molecule has 4 rings (SSSR count). The summed E-state index contributed by atoms with van der Waals surface area (Å²) in [7, 11) is 0. The molecular formula is C20H19ClFN7O. The zero-order valence-electron chi connectivity index (χ0n) is 16.0. The minimum atomic E-state index is -0.507. The third kappa shape index (κ3) is 4.67. The first-order chi connectivity index (χ1) is 14.6. The van der Waals surface area contributed by atoms with Crippen molar-refractivity contribution in [3.63, 3.8) is 0 Å². The Bertz CT molecular complexity index is 1060. The Kier molecular flexibility index (Phi) is 6.07. The third-order valence-corrected chi connectivity index (χ3v) is 4.98. The highest BCUT2D eigenvalue weighted by Gasteiger charge is 2.19. The Balaban J connectivity index is 1.54. The molecular weight excluding hydrogens is 409 g/mol. The maximum absolute atomic E-state index is 14.8. The quantitative estimate of drug-likeness (QED) is 0.550. The van der Waals surface area contributed by atoms with Crippen LogP contribution >= 0.6 is 11.6 Å². The summed E-state index contributed by atoms with van der Waals surface area (Å²) in [6, 6.07) is 6.39. The van der Waals surface area contributed by atoms with Crippen molar-refractivity contribution in [3.8, 4) is 23.1 Å². The van der Waals surface area contributed by atoms with Gasteiger partial charge >= 0.3 is 0 Å². The van der Waals surface area contributed by atoms with Crippen molar-refractivity contribution < 1.29 is 9.13 Å². The molecule has 2 aromatic heterocycles. The second-order valence-corrected chi connectivity index (χ2v) is 7.41. The van der Waals surface area contributed by atoms with Crippen molar-refractivity contribution in [2.24, 2.45) is 5.92 Å². The van der Waals surface area contributed by atoms with Gasteiger partial charge < -0.3 is 15.4 Å². The number of halogens is 2. The number of rotatable bonds is 6. The Hall–Kier alpha value is -3.22. The van der Waals surface area contributed by atoms with Gasteiger partial charge in [-0.1, -0.05) is 11.6 Å². The summed E-state index contributed by atoms with van der Waals surface area (Å²) in [5.74, 6) is 1.04. The second kappa shape index (κ2) is 9.07. The number of nitriles is 1. The van der Waals surface area contributed by atoms with Gasteiger partial charge in [-0.05, 0) is 31.5 Å². The van der Waals surface area contributed by atoms with Gasteiger partial charge in [0, 0.05) is 23.6 Å². The molecule has 3 N–H and O–H groups in total. The van der Waals surface area contributed by atoms with Crippen LogP contribution in [0.1, 0.15) is 18.5 Å². The fraction of sp³-hybridized carbons (Fsp3) is 0.300. The SMILES string of the molecule is N#Cc1cnc(Nc2cc(-c3c(F)cc(Cl)cc3OC[C@H]3CCCNC3)[nH]n2)cn1. The van der Waals surface area contributed by atoms with Crippen LogP contribution in [0.3, 0.4) is 0 Å². The van der Waals surface area contributed by atoms with Crippen molar-refractivity contribution in [1.29, 1.82) is 5.26 Å². The molecule has 0 saturated carbocycles. The molecule has 10 heteroatoms. The number of piperidine rings is 1. The molecule has 3 heterocycles. The minimum absolute atomic E-state index is 0.210. The summed E-state index contributed by atoms with van der Waals surface area (Å²) in [4.78, 5) is 8.02. The van der Waals surface area contributed by atoms with Gasteiger partial charge in [0.25, 0.3) is 0 Å². The number of nitrogens with one attached hydrogen (secondary N) is 3. The average molecular weight is 428 g/mol. The van der Waals surface area contributed by atoms with E-state index < -0.39 is 5.82 Å². The van der Waals surface area contributed by atoms with E-state index in [1.54, 1.807) is 12.1 Å². The molecule has 0 amide bonds. The summed E-state index contributed by atoms with van der Waals surface area (Å²) in [6.07, 6.45) is 4.93. The fourth-order valence-electron chi connectivity index (χ4n) is 3.29. The number of hydrogen-bond donors (Lipinski definition) is 3. The van der Waals surface area contributed by atoms with Crippen LogP contribution in [0.2, 0.25) is 5.02 Å². The highest BCUT2D eigenvalue weighted by Crippen LogP contribution is 2.36. The molecule has 30 heavy (non-hydrogen) atoms. The summed E-state index contributed by atoms with van der Waals surface area (Å²) < 4.78 is 20.7. The molecule has 1 aliphatic rings. The maximum Gasteiger partial charge on any atom is 0.158 e. The number of benzene rings is 1. The number of hydrogen-bond acceptors (Lipinski definition) is 7. The van der Waals surface area contributed by atoms with Crippen molar-refractivity contribution in [2.45, 2.75) is 12.8 Å². The Morgan fingerprint density at radius 1 is 1.27 bits per heavy atom. The van der Waals surface area contributed by atoms with Gasteiger partial charge in [0.05, 0.1) is 30.3 Å². The van der Waals surface area contributed by atoms with Crippen molar-refractivity contribution in [1.82, 2.24) is 25.5 Å². The van der Waals surface area contributed by atoms with Crippen LogP contribution in [-0.2, 0) is 0 Å². The third-order valence-electron chi connectivity index (χ3n) is 4.76. The van der Waals surface area contributed by atoms with E-state index in [2.05, 4.69) is 30.8 Å². The standard InChI is InChI=1S/C20H19ClFN7O/c21-13-4-15(22)20(17(5-13)30-11-12-2-1-3-24-8-12)16-6-18(29-28-16)27-19-10-25-14(7-23)9-26-19/h4-6,9-10,12,24H,1-3,8,11H2,(H2,26,27,28,29)/t12-/m0/s1. The van der Waals surface area contributed by atoms with E-state index >= 15 is 0 Å². The molecule has 0 unspecified atom stereocenters. The van der Waals surface area contributed by atoms with E-state index in [0.29, 0.717) is 35.6 Å². The zero-order valence-corrected chi connectivity index (χ0v) is 16.7. The Morgan fingerprint density at radius 3 is 2.90 bits per heavy atom. The molecule has 1 fully saturated rings. The van der Waals surface area contributed by atoms with Gasteiger partial charge in [0.2, 0.25) is 0 Å². The topological polar surface area (TPSA) is 112 Å². The highest BCUT2D eigenvalue weighted by molar-refractivity contribution is 6.30. The predicted octanol–water partition coefficient (Wildman–Crippen LogP) is 3.65. The second-order valence-electron chi connectivity index (χ2n) is 6.97. The van der Waals surface area contributed by atoms with Crippen LogP contribution in [-0.4, -0.2) is 39.9 Å². The number of ether oxygens (including phenoxy) is 1. The molecule has 0 aliphatic carbocycles. The lowest BCUT2D eigenvalue weighted by Gasteiger charge is -2.23. The Labute approximate surface area is 177 Å². The number of aromatic nitrogens is 4. The zero-order chi connectivity index (χ0) is 20.9. The lowest BCUT2D eigenvalue weighted by atomic mass is 10.0. The van der Waals surface area contributed by atoms with Crippen LogP contribution in [0.5, 0.6) is 5.75 Å². The lowest BCUT2D eigenvalue weighted by Crippen LogP contribution is -2.33. The molecule has 0 radical (unpaired) electrons. The van der Waals surface area contributed by atoms with E-state index in [9.17, 15) is 4.39 Å². The number of H-pyrrole nitrogens is 1. The first-order valence-electron chi connectivity index (χ1n) is 9.50. The van der Waals surface area contributed by atoms with Crippen LogP contribution in [0, 0.1) is 23.1 Å². The molecule has 1 aromatic carbocycles. The maximum atomic E-state index is 14.8. The summed E-state index contributed by atoms with van der Waals surface area (Å²) in [5.41, 5.74) is 0.904. The molecule has 1 atom stereocenters. The molecule has 1 aliphatic heterocycles. The first-order valence-corrected chi connectivity index (χ1v) is 9.87. The van der Waals surface area contributed by atoms with Crippen molar-refractivity contribution in [3.05, 3.63) is 47.1 Å². The van der Waals surface area contributed by atoms with Gasteiger partial charge in [-0.15, -0.1) is 0 Å². The van der Waals surface area contributed by atoms with Gasteiger partial charge in [0.1, 0.15) is 23.5 Å². The van der Waals surface area contributed by atoms with E-state index in [0.717, 1.165) is 25.9 Å². The molecule has 0 spiro atoms. The highest BCUT2D eigenvalue weighted by atomic mass is 35.5. The van der Waals surface area contributed by atoms with Crippen LogP contribution < -0.4 is 15.4 Å². The van der Waals surface area contributed by atoms with Crippen LogP contribution in [0.25, 0.3) is 11.3 Å². The largest absolute Gasteiger partial charge is 0.492 e. The van der Waals surface area contributed by atoms with Gasteiger partial charge in [-0.25, -0.2) is 14.4 Å². The lowest BCUT2D eigenvalue weighted by molar-refractivity contribution is 0.218. The first kappa shape index (κ1) is 20.1. The van der Waals surface area contributed by atoms with Crippen molar-refractivity contribution >= 4 is 23.2 Å². The molecule has 1 saturated heterocycles. The van der Waals surface area contributed by atoms with Crippen molar-refractivity contribution in [2.75, 3.05) is 25.0 Å². The summed E-state index contributed by atoms with van der Waals surface area (Å²) in [6.45, 7) is 2.36. The van der Waals surface area contributed by atoms with Gasteiger partial charge in [0.15, 0.2) is 11.5 Å². The average Bonchev–Trinajstić information content (AvgIpc) is 3.21. The van der Waals surface area contributed by atoms with Gasteiger partial charge in [-0.3, -0.25) is 5.10 Å². The fourth-order valence-corrected chi connectivity index (χ4v) is 3.49. The minimum Gasteiger partial charge on any atom is -0.492 e. The van der Waals surface area contributed by atoms with E-state index in [1.807, 2.05) is 6.07 Å². The van der Waals surface area contributed by atoms with E-state index in [4.69, 9.17) is 21.6 Å². The summed E-state index contributed by atoms with van der Waals surface area (Å²) in [5, 5.41) is 22.3. The van der Waals surface area contributed by atoms with E-state index in [1.165, 1.54) is 18.5 Å². The van der Waals surface area contributed by atoms with Crippen LogP contribution in [0.4, 0.5) is 16.0 Å².